The third-order valence-electron chi connectivity index (χ3n) is 6.47. The fourth-order valence-corrected chi connectivity index (χ4v) is 3.77. The van der Waals surface area contributed by atoms with Gasteiger partial charge in [-0.3, -0.25) is 14.6 Å². The molecule has 0 saturated carbocycles. The summed E-state index contributed by atoms with van der Waals surface area (Å²) in [4.78, 5) is 29.3. The number of amides is 2. The van der Waals surface area contributed by atoms with E-state index in [1.54, 1.807) is 18.3 Å². The molecule has 0 bridgehead atoms. The van der Waals surface area contributed by atoms with E-state index in [2.05, 4.69) is 10.3 Å². The van der Waals surface area contributed by atoms with Gasteiger partial charge in [-0.25, -0.2) is 0 Å². The summed E-state index contributed by atoms with van der Waals surface area (Å²) in [5.41, 5.74) is 7.48. The van der Waals surface area contributed by atoms with Crippen molar-refractivity contribution in [3.05, 3.63) is 71.9 Å². The van der Waals surface area contributed by atoms with E-state index < -0.39 is 36.2 Å². The molecule has 0 radical (unpaired) electrons. The van der Waals surface area contributed by atoms with Crippen LogP contribution in [0.3, 0.4) is 0 Å². The van der Waals surface area contributed by atoms with Gasteiger partial charge in [-0.2, -0.15) is 0 Å². The Morgan fingerprint density at radius 1 is 1.00 bits per heavy atom. The number of nitrogens with one attached hydrogen (secondary N) is 1. The molecule has 1 aliphatic heterocycles. The zero-order valence-electron chi connectivity index (χ0n) is 19.3. The summed E-state index contributed by atoms with van der Waals surface area (Å²) in [5, 5.41) is 3.61. The van der Waals surface area contributed by atoms with Gasteiger partial charge in [0, 0.05) is 18.0 Å². The van der Waals surface area contributed by atoms with Crippen molar-refractivity contribution < 1.29 is 18.9 Å². The number of para-hydroxylation sites is 1. The van der Waals surface area contributed by atoms with E-state index in [1.807, 2.05) is 70.2 Å². The van der Waals surface area contributed by atoms with E-state index in [0.717, 1.165) is 16.4 Å². The topological polar surface area (TPSA) is 104 Å². The lowest BCUT2D eigenvalue weighted by molar-refractivity contribution is -0.119. The molecule has 2 heterocycles. The van der Waals surface area contributed by atoms with Gasteiger partial charge in [0.25, 0.3) is 5.91 Å². The average molecular weight is 445 g/mol. The van der Waals surface area contributed by atoms with Crippen molar-refractivity contribution in [2.75, 3.05) is 0 Å². The number of fused-ring (bicyclic) bond motifs is 1. The van der Waals surface area contributed by atoms with Crippen LogP contribution in [0.15, 0.2) is 60.8 Å². The standard InChI is InChI=1S/C25H28BN3O4/c1-24(2)25(3,4)33-26(32-24)18-12-10-16(11-13-18)15-20(22(27)30)29-23(31)19-9-5-7-17-8-6-14-28-21(17)19/h5-14,20H,15H2,1-4H3,(H2,27,30)(H,29,31)/t20-/m1/s1. The summed E-state index contributed by atoms with van der Waals surface area (Å²) < 4.78 is 12.2. The summed E-state index contributed by atoms with van der Waals surface area (Å²) in [7, 11) is -0.463. The van der Waals surface area contributed by atoms with Gasteiger partial charge in [0.1, 0.15) is 6.04 Å². The summed E-state index contributed by atoms with van der Waals surface area (Å²) in [6.45, 7) is 8.03. The summed E-state index contributed by atoms with van der Waals surface area (Å²) >= 11 is 0. The number of rotatable bonds is 6. The lowest BCUT2D eigenvalue weighted by atomic mass is 9.78. The average Bonchev–Trinajstić information content (AvgIpc) is 3.00. The Labute approximate surface area is 193 Å². The normalized spacial score (nSPS) is 17.6. The second-order valence-electron chi connectivity index (χ2n) is 9.34. The lowest BCUT2D eigenvalue weighted by Crippen LogP contribution is -2.46. The first-order chi connectivity index (χ1) is 15.6. The van der Waals surface area contributed by atoms with E-state index in [9.17, 15) is 9.59 Å². The molecule has 0 spiro atoms. The molecule has 8 heteroatoms. The first kappa shape index (κ1) is 23.0. The van der Waals surface area contributed by atoms with Crippen LogP contribution in [-0.2, 0) is 20.5 Å². The number of benzene rings is 2. The maximum absolute atomic E-state index is 12.9. The smallest absolute Gasteiger partial charge is 0.399 e. The predicted octanol–water partition coefficient (Wildman–Crippen LogP) is 2.36. The highest BCUT2D eigenvalue weighted by Gasteiger charge is 2.51. The zero-order valence-corrected chi connectivity index (χ0v) is 19.3. The van der Waals surface area contributed by atoms with Gasteiger partial charge in [-0.05, 0) is 50.9 Å². The summed E-state index contributed by atoms with van der Waals surface area (Å²) in [5.74, 6) is -0.997. The molecular weight excluding hydrogens is 417 g/mol. The maximum Gasteiger partial charge on any atom is 0.494 e. The summed E-state index contributed by atoms with van der Waals surface area (Å²) in [6.07, 6.45) is 1.90. The molecule has 4 rings (SSSR count). The van der Waals surface area contributed by atoms with E-state index in [-0.39, 0.29) is 6.42 Å². The van der Waals surface area contributed by atoms with Crippen molar-refractivity contribution in [3.8, 4) is 0 Å². The number of primary amides is 1. The third-order valence-corrected chi connectivity index (χ3v) is 6.47. The third kappa shape index (κ3) is 4.63. The predicted molar refractivity (Wildman–Crippen MR) is 128 cm³/mol. The molecule has 1 aromatic heterocycles. The molecule has 0 unspecified atom stereocenters. The number of carbonyl (C=O) groups excluding carboxylic acids is 2. The number of hydrogen-bond donors (Lipinski definition) is 2. The fourth-order valence-electron chi connectivity index (χ4n) is 3.77. The molecule has 2 amide bonds. The Kier molecular flexibility index (Phi) is 5.99. The second-order valence-corrected chi connectivity index (χ2v) is 9.34. The van der Waals surface area contributed by atoms with Crippen molar-refractivity contribution in [2.24, 2.45) is 5.73 Å². The minimum absolute atomic E-state index is 0.267. The Morgan fingerprint density at radius 2 is 1.64 bits per heavy atom. The first-order valence-electron chi connectivity index (χ1n) is 11.0. The Balaban J connectivity index is 1.47. The van der Waals surface area contributed by atoms with Crippen molar-refractivity contribution in [3.63, 3.8) is 0 Å². The lowest BCUT2D eigenvalue weighted by Gasteiger charge is -2.32. The highest BCUT2D eigenvalue weighted by molar-refractivity contribution is 6.62. The molecule has 170 valence electrons. The SMILES string of the molecule is CC1(C)OB(c2ccc(C[C@@H](NC(=O)c3cccc4cccnc34)C(N)=O)cc2)OC1(C)C. The molecule has 0 aliphatic carbocycles. The van der Waals surface area contributed by atoms with Gasteiger partial charge >= 0.3 is 7.12 Å². The van der Waals surface area contributed by atoms with E-state index in [4.69, 9.17) is 15.0 Å². The first-order valence-corrected chi connectivity index (χ1v) is 11.0. The van der Waals surface area contributed by atoms with Crippen LogP contribution in [0.2, 0.25) is 0 Å². The number of nitrogens with zero attached hydrogens (tertiary/aromatic N) is 1. The Morgan fingerprint density at radius 3 is 2.27 bits per heavy atom. The van der Waals surface area contributed by atoms with Crippen LogP contribution in [-0.4, -0.2) is 41.2 Å². The van der Waals surface area contributed by atoms with E-state index in [1.165, 1.54) is 0 Å². The van der Waals surface area contributed by atoms with Crippen LogP contribution in [0.5, 0.6) is 0 Å². The quantitative estimate of drug-likeness (QED) is 0.567. The van der Waals surface area contributed by atoms with Gasteiger partial charge in [-0.1, -0.05) is 42.5 Å². The van der Waals surface area contributed by atoms with E-state index in [0.29, 0.717) is 11.1 Å². The van der Waals surface area contributed by atoms with Crippen LogP contribution in [0.4, 0.5) is 0 Å². The number of nitrogens with two attached hydrogens (primary N) is 1. The number of carbonyl (C=O) groups is 2. The molecule has 1 atom stereocenters. The van der Waals surface area contributed by atoms with E-state index >= 15 is 0 Å². The van der Waals surface area contributed by atoms with Crippen LogP contribution >= 0.6 is 0 Å². The fraction of sp³-hybridized carbons (Fsp3) is 0.320. The molecule has 1 aliphatic rings. The van der Waals surface area contributed by atoms with Crippen molar-refractivity contribution >= 4 is 35.3 Å². The molecule has 7 nitrogen and oxygen atoms in total. The second kappa shape index (κ2) is 8.61. The molecule has 3 N–H and O–H groups in total. The monoisotopic (exact) mass is 445 g/mol. The van der Waals surface area contributed by atoms with Gasteiger partial charge in [0.05, 0.1) is 22.3 Å². The van der Waals surface area contributed by atoms with Crippen molar-refractivity contribution in [2.45, 2.75) is 51.4 Å². The molecule has 1 fully saturated rings. The largest absolute Gasteiger partial charge is 0.494 e. The van der Waals surface area contributed by atoms with Crippen molar-refractivity contribution in [1.29, 1.82) is 0 Å². The minimum Gasteiger partial charge on any atom is -0.399 e. The van der Waals surface area contributed by atoms with Gasteiger partial charge in [0.2, 0.25) is 5.91 Å². The van der Waals surface area contributed by atoms with Crippen LogP contribution in [0, 0.1) is 0 Å². The number of pyridine rings is 1. The number of hydrogen-bond acceptors (Lipinski definition) is 5. The zero-order chi connectivity index (χ0) is 23.8. The van der Waals surface area contributed by atoms with Crippen molar-refractivity contribution in [1.82, 2.24) is 10.3 Å². The molecule has 33 heavy (non-hydrogen) atoms. The molecule has 2 aromatic carbocycles. The number of aromatic nitrogens is 1. The maximum atomic E-state index is 12.9. The molecular formula is C25H28BN3O4. The van der Waals surface area contributed by atoms with Crippen LogP contribution in [0.25, 0.3) is 10.9 Å². The Hall–Kier alpha value is -3.23. The highest BCUT2D eigenvalue weighted by Crippen LogP contribution is 2.36. The van der Waals surface area contributed by atoms with Gasteiger partial charge in [0.15, 0.2) is 0 Å². The highest BCUT2D eigenvalue weighted by atomic mass is 16.7. The minimum atomic E-state index is -0.862. The Bertz CT molecular complexity index is 1170. The summed E-state index contributed by atoms with van der Waals surface area (Å²) in [6, 6.07) is 15.8. The molecule has 3 aromatic rings. The van der Waals surface area contributed by atoms with Crippen LogP contribution < -0.4 is 16.5 Å². The van der Waals surface area contributed by atoms with Gasteiger partial charge in [-0.15, -0.1) is 0 Å². The van der Waals surface area contributed by atoms with Crippen LogP contribution in [0.1, 0.15) is 43.6 Å². The molecule has 1 saturated heterocycles. The van der Waals surface area contributed by atoms with Gasteiger partial charge < -0.3 is 20.4 Å².